The average molecular weight is 343 g/mol. The van der Waals surface area contributed by atoms with Crippen LogP contribution >= 0.6 is 97.4 Å². The first-order valence-electron chi connectivity index (χ1n) is 3.69. The molecule has 0 aromatic rings. The van der Waals surface area contributed by atoms with Crippen molar-refractivity contribution in [2.75, 3.05) is 23.0 Å². The lowest BCUT2D eigenvalue weighted by Crippen LogP contribution is -2.20. The van der Waals surface area contributed by atoms with Gasteiger partial charge in [0.1, 0.15) is 0 Å². The van der Waals surface area contributed by atoms with E-state index in [2.05, 4.69) is 75.8 Å². The standard InChI is InChI=1S/C6H14S8/c7-1-5(9,10)3-13-14-4-6(11,12)2-8/h7-12H,1-4H2. The first kappa shape index (κ1) is 16.8. The quantitative estimate of drug-likeness (QED) is 0.182. The van der Waals surface area contributed by atoms with Crippen LogP contribution in [0.5, 0.6) is 0 Å². The van der Waals surface area contributed by atoms with Crippen LogP contribution < -0.4 is 0 Å². The van der Waals surface area contributed by atoms with Gasteiger partial charge in [-0.15, -0.1) is 0 Å². The Morgan fingerprint density at radius 2 is 1.00 bits per heavy atom. The zero-order valence-corrected chi connectivity index (χ0v) is 14.3. The van der Waals surface area contributed by atoms with E-state index in [-0.39, 0.29) is 8.16 Å². The third-order valence-corrected chi connectivity index (χ3v) is 7.96. The molecule has 0 fully saturated rings. The van der Waals surface area contributed by atoms with Crippen LogP contribution in [0.2, 0.25) is 0 Å². The molecule has 86 valence electrons. The van der Waals surface area contributed by atoms with Crippen LogP contribution in [-0.4, -0.2) is 31.2 Å². The summed E-state index contributed by atoms with van der Waals surface area (Å²) in [6, 6.07) is 0. The smallest absolute Gasteiger partial charge is 0.0737 e. The van der Waals surface area contributed by atoms with E-state index in [0.29, 0.717) is 11.5 Å². The molecule has 0 aliphatic heterocycles. The first-order chi connectivity index (χ1) is 6.33. The number of rotatable bonds is 7. The first-order valence-corrected chi connectivity index (χ1v) is 9.23. The van der Waals surface area contributed by atoms with Crippen LogP contribution in [0.1, 0.15) is 0 Å². The van der Waals surface area contributed by atoms with E-state index in [4.69, 9.17) is 0 Å². The molecule has 0 amide bonds. The molecule has 0 saturated carbocycles. The summed E-state index contributed by atoms with van der Waals surface area (Å²) in [5.41, 5.74) is 0. The van der Waals surface area contributed by atoms with Gasteiger partial charge < -0.3 is 0 Å². The molecule has 0 heterocycles. The number of thiol groups is 6. The van der Waals surface area contributed by atoms with Crippen molar-refractivity contribution in [3.05, 3.63) is 0 Å². The minimum atomic E-state index is -0.308. The predicted molar refractivity (Wildman–Crippen MR) is 94.0 cm³/mol. The Labute approximate surface area is 127 Å². The van der Waals surface area contributed by atoms with Crippen molar-refractivity contribution >= 4 is 97.4 Å². The van der Waals surface area contributed by atoms with E-state index in [9.17, 15) is 0 Å². The Bertz CT molecular complexity index is 138. The van der Waals surface area contributed by atoms with Gasteiger partial charge in [-0.1, -0.05) is 21.6 Å². The van der Waals surface area contributed by atoms with Crippen molar-refractivity contribution in [2.24, 2.45) is 0 Å². The molecular formula is C6H14S8. The third kappa shape index (κ3) is 8.90. The van der Waals surface area contributed by atoms with Crippen molar-refractivity contribution in [1.82, 2.24) is 0 Å². The van der Waals surface area contributed by atoms with Gasteiger partial charge in [0.15, 0.2) is 0 Å². The van der Waals surface area contributed by atoms with Gasteiger partial charge in [0.25, 0.3) is 0 Å². The average Bonchev–Trinajstić information content (AvgIpc) is 2.13. The molecule has 0 bridgehead atoms. The van der Waals surface area contributed by atoms with Crippen LogP contribution in [0, 0.1) is 0 Å². The fraction of sp³-hybridized carbons (Fsp3) is 1.00. The summed E-state index contributed by atoms with van der Waals surface area (Å²) in [6.45, 7) is 0. The lowest BCUT2D eigenvalue weighted by Gasteiger charge is -2.21. The largest absolute Gasteiger partial charge is 0.177 e. The molecule has 0 N–H and O–H groups in total. The summed E-state index contributed by atoms with van der Waals surface area (Å²) >= 11 is 25.7. The highest BCUT2D eigenvalue weighted by Crippen LogP contribution is 2.36. The zero-order chi connectivity index (χ0) is 11.2. The maximum Gasteiger partial charge on any atom is 0.0737 e. The molecule has 0 radical (unpaired) electrons. The Balaban J connectivity index is 3.57. The van der Waals surface area contributed by atoms with Crippen molar-refractivity contribution < 1.29 is 0 Å². The molecule has 0 aliphatic carbocycles. The molecule has 0 atom stereocenters. The molecule has 0 aliphatic rings. The highest BCUT2D eigenvalue weighted by Gasteiger charge is 2.21. The number of hydrogen-bond acceptors (Lipinski definition) is 8. The molecular weight excluding hydrogens is 329 g/mol. The van der Waals surface area contributed by atoms with Crippen LogP contribution in [-0.2, 0) is 0 Å². The second-order valence-electron chi connectivity index (χ2n) is 2.81. The van der Waals surface area contributed by atoms with Gasteiger partial charge in [-0.05, 0) is 0 Å². The summed E-state index contributed by atoms with van der Waals surface area (Å²) in [5, 5.41) is 0. The Morgan fingerprint density at radius 3 is 1.21 bits per heavy atom. The predicted octanol–water partition coefficient (Wildman–Crippen LogP) is 3.34. The van der Waals surface area contributed by atoms with Crippen molar-refractivity contribution in [3.63, 3.8) is 0 Å². The fourth-order valence-corrected chi connectivity index (χ4v) is 5.17. The summed E-state index contributed by atoms with van der Waals surface area (Å²) in [6.07, 6.45) is 0. The Morgan fingerprint density at radius 1 is 0.714 bits per heavy atom. The van der Waals surface area contributed by atoms with E-state index in [1.54, 1.807) is 21.6 Å². The topological polar surface area (TPSA) is 0 Å². The maximum absolute atomic E-state index is 4.36. The van der Waals surface area contributed by atoms with Gasteiger partial charge in [-0.2, -0.15) is 75.8 Å². The van der Waals surface area contributed by atoms with Crippen LogP contribution in [0.25, 0.3) is 0 Å². The second-order valence-corrected chi connectivity index (χ2v) is 10.0. The molecule has 0 aromatic heterocycles. The molecule has 0 saturated heterocycles. The fourth-order valence-electron chi connectivity index (χ4n) is 0.363. The minimum absolute atomic E-state index is 0.308. The summed E-state index contributed by atoms with van der Waals surface area (Å²) in [5.74, 6) is 2.95. The summed E-state index contributed by atoms with van der Waals surface area (Å²) < 4.78 is -0.616. The van der Waals surface area contributed by atoms with Gasteiger partial charge in [0.05, 0.1) is 8.16 Å². The molecule has 8 heteroatoms. The van der Waals surface area contributed by atoms with Crippen molar-refractivity contribution in [3.8, 4) is 0 Å². The van der Waals surface area contributed by atoms with Crippen LogP contribution in [0.15, 0.2) is 0 Å². The van der Waals surface area contributed by atoms with Gasteiger partial charge in [0, 0.05) is 23.0 Å². The molecule has 0 nitrogen and oxygen atoms in total. The SMILES string of the molecule is SCC(S)(S)CSSCC(S)(S)CS. The van der Waals surface area contributed by atoms with Crippen molar-refractivity contribution in [2.45, 2.75) is 8.16 Å². The lowest BCUT2D eigenvalue weighted by atomic mass is 10.5. The van der Waals surface area contributed by atoms with E-state index in [1.165, 1.54) is 0 Å². The number of hydrogen-bond donors (Lipinski definition) is 6. The minimum Gasteiger partial charge on any atom is -0.177 e. The second kappa shape index (κ2) is 8.00. The van der Waals surface area contributed by atoms with Gasteiger partial charge in [0.2, 0.25) is 0 Å². The lowest BCUT2D eigenvalue weighted by molar-refractivity contribution is 1.09. The van der Waals surface area contributed by atoms with Crippen molar-refractivity contribution in [1.29, 1.82) is 0 Å². The summed E-state index contributed by atoms with van der Waals surface area (Å²) in [7, 11) is 3.42. The molecule has 0 spiro atoms. The molecule has 14 heavy (non-hydrogen) atoms. The maximum atomic E-state index is 4.36. The highest BCUT2D eigenvalue weighted by atomic mass is 33.1. The van der Waals surface area contributed by atoms with E-state index < -0.39 is 0 Å². The van der Waals surface area contributed by atoms with E-state index >= 15 is 0 Å². The van der Waals surface area contributed by atoms with Gasteiger partial charge >= 0.3 is 0 Å². The van der Waals surface area contributed by atoms with Crippen LogP contribution in [0.3, 0.4) is 0 Å². The highest BCUT2D eigenvalue weighted by molar-refractivity contribution is 8.77. The van der Waals surface area contributed by atoms with E-state index in [1.807, 2.05) is 0 Å². The van der Waals surface area contributed by atoms with Gasteiger partial charge in [-0.25, -0.2) is 0 Å². The third-order valence-electron chi connectivity index (χ3n) is 1.17. The van der Waals surface area contributed by atoms with E-state index in [0.717, 1.165) is 11.5 Å². The summed E-state index contributed by atoms with van der Waals surface area (Å²) in [4.78, 5) is 0. The monoisotopic (exact) mass is 342 g/mol. The van der Waals surface area contributed by atoms with Gasteiger partial charge in [-0.3, -0.25) is 0 Å². The Kier molecular flexibility index (Phi) is 9.60. The zero-order valence-electron chi connectivity index (χ0n) is 7.33. The molecule has 0 rings (SSSR count). The molecule has 0 unspecified atom stereocenters. The van der Waals surface area contributed by atoms with Crippen LogP contribution in [0.4, 0.5) is 0 Å². The molecule has 0 aromatic carbocycles. The normalized spacial score (nSPS) is 13.3. The Hall–Kier alpha value is 2.80.